The Balaban J connectivity index is 1.33. The van der Waals surface area contributed by atoms with Gasteiger partial charge in [0.25, 0.3) is 5.56 Å². The van der Waals surface area contributed by atoms with Crippen LogP contribution in [0.4, 0.5) is 5.69 Å². The van der Waals surface area contributed by atoms with E-state index in [-0.39, 0.29) is 17.9 Å². The van der Waals surface area contributed by atoms with Gasteiger partial charge in [-0.15, -0.1) is 5.10 Å². The third-order valence-electron chi connectivity index (χ3n) is 5.35. The van der Waals surface area contributed by atoms with Crippen molar-refractivity contribution in [2.75, 3.05) is 5.32 Å². The van der Waals surface area contributed by atoms with Crippen molar-refractivity contribution in [1.29, 1.82) is 0 Å². The Morgan fingerprint density at radius 1 is 1.23 bits per heavy atom. The van der Waals surface area contributed by atoms with Gasteiger partial charge < -0.3 is 5.32 Å². The summed E-state index contributed by atoms with van der Waals surface area (Å²) in [5.41, 5.74) is 4.21. The number of tetrazole rings is 1. The highest BCUT2D eigenvalue weighted by molar-refractivity contribution is 5.92. The van der Waals surface area contributed by atoms with Crippen LogP contribution in [0.3, 0.4) is 0 Å². The molecule has 1 aromatic carbocycles. The number of nitrogens with zero attached hydrogens (tertiary/aromatic N) is 6. The van der Waals surface area contributed by atoms with Crippen molar-refractivity contribution in [3.05, 3.63) is 57.6 Å². The lowest BCUT2D eigenvalue weighted by molar-refractivity contribution is -0.115. The number of hydrogen-bond donors (Lipinski definition) is 2. The molecule has 10 nitrogen and oxygen atoms in total. The molecule has 5 rings (SSSR count). The predicted octanol–water partition coefficient (Wildman–Crippen LogP) is 1.81. The van der Waals surface area contributed by atoms with E-state index in [1.165, 1.54) is 6.07 Å². The van der Waals surface area contributed by atoms with Gasteiger partial charge in [0.05, 0.1) is 12.5 Å². The first-order valence-electron chi connectivity index (χ1n) is 9.75. The summed E-state index contributed by atoms with van der Waals surface area (Å²) in [5.74, 6) is 0.578. The van der Waals surface area contributed by atoms with E-state index >= 15 is 0 Å². The lowest BCUT2D eigenvalue weighted by atomic mass is 10.1. The van der Waals surface area contributed by atoms with Crippen molar-refractivity contribution in [3.8, 4) is 11.4 Å². The van der Waals surface area contributed by atoms with Crippen molar-refractivity contribution in [2.24, 2.45) is 0 Å². The molecule has 10 heteroatoms. The zero-order valence-electron chi connectivity index (χ0n) is 16.6. The number of amides is 1. The molecule has 1 saturated carbocycles. The first-order chi connectivity index (χ1) is 14.5. The Hall–Kier alpha value is -3.82. The van der Waals surface area contributed by atoms with Crippen LogP contribution in [0.15, 0.2) is 35.1 Å². The maximum atomic E-state index is 12.6. The lowest BCUT2D eigenvalue weighted by Crippen LogP contribution is -2.18. The summed E-state index contributed by atoms with van der Waals surface area (Å²) < 4.78 is 3.46. The molecule has 3 aromatic heterocycles. The summed E-state index contributed by atoms with van der Waals surface area (Å²) in [6.45, 7) is 3.70. The molecule has 0 radical (unpaired) electrons. The van der Waals surface area contributed by atoms with Crippen LogP contribution < -0.4 is 10.9 Å². The number of aromatic nitrogens is 7. The standard InChI is InChI=1S/C20H20N8O2/c1-11-16(12(2)27-17(21-11)10-19(30)24-27)9-18(29)22-14-5-3-13(4-6-14)20-23-25-26-28(20)15-7-8-15/h3-6,10,15H,7-9H2,1-2H3,(H,22,29)(H,24,30). The van der Waals surface area contributed by atoms with E-state index < -0.39 is 0 Å². The average Bonchev–Trinajstić information content (AvgIpc) is 3.32. The Bertz CT molecular complexity index is 1310. The summed E-state index contributed by atoms with van der Waals surface area (Å²) in [6.07, 6.45) is 2.35. The normalized spacial score (nSPS) is 13.7. The molecule has 3 heterocycles. The van der Waals surface area contributed by atoms with Gasteiger partial charge in [0.2, 0.25) is 5.91 Å². The van der Waals surface area contributed by atoms with Crippen molar-refractivity contribution in [2.45, 2.75) is 39.2 Å². The fourth-order valence-corrected chi connectivity index (χ4v) is 3.63. The second-order valence-corrected chi connectivity index (χ2v) is 7.56. The molecule has 1 amide bonds. The first-order valence-corrected chi connectivity index (χ1v) is 9.75. The molecular weight excluding hydrogens is 384 g/mol. The van der Waals surface area contributed by atoms with Gasteiger partial charge in [0.1, 0.15) is 0 Å². The van der Waals surface area contributed by atoms with E-state index in [4.69, 9.17) is 0 Å². The number of carbonyl (C=O) groups excluding carboxylic acids is 1. The number of hydrogen-bond acceptors (Lipinski definition) is 6. The van der Waals surface area contributed by atoms with Crippen LogP contribution in [0.1, 0.15) is 35.8 Å². The van der Waals surface area contributed by atoms with Crippen LogP contribution >= 0.6 is 0 Å². The molecule has 2 N–H and O–H groups in total. The Labute approximate surface area is 170 Å². The maximum absolute atomic E-state index is 12.6. The average molecular weight is 404 g/mol. The second kappa shape index (κ2) is 6.90. The third kappa shape index (κ3) is 3.25. The van der Waals surface area contributed by atoms with Gasteiger partial charge in [-0.05, 0) is 61.4 Å². The molecule has 0 bridgehead atoms. The van der Waals surface area contributed by atoms with Gasteiger partial charge >= 0.3 is 0 Å². The molecule has 30 heavy (non-hydrogen) atoms. The predicted molar refractivity (Wildman–Crippen MR) is 109 cm³/mol. The van der Waals surface area contributed by atoms with E-state index in [2.05, 4.69) is 30.9 Å². The van der Waals surface area contributed by atoms with Crippen LogP contribution in [-0.2, 0) is 11.2 Å². The largest absolute Gasteiger partial charge is 0.326 e. The summed E-state index contributed by atoms with van der Waals surface area (Å²) in [7, 11) is 0. The lowest BCUT2D eigenvalue weighted by Gasteiger charge is -2.12. The second-order valence-electron chi connectivity index (χ2n) is 7.56. The maximum Gasteiger partial charge on any atom is 0.266 e. The van der Waals surface area contributed by atoms with Crippen molar-refractivity contribution < 1.29 is 4.79 Å². The topological polar surface area (TPSA) is 123 Å². The molecule has 152 valence electrons. The molecule has 1 aliphatic rings. The fraction of sp³-hybridized carbons (Fsp3) is 0.300. The minimum atomic E-state index is -0.223. The number of anilines is 1. The molecule has 1 aliphatic carbocycles. The summed E-state index contributed by atoms with van der Waals surface area (Å²) in [5, 5.41) is 17.6. The number of carbonyl (C=O) groups is 1. The number of aryl methyl sites for hydroxylation is 2. The van der Waals surface area contributed by atoms with E-state index in [1.807, 2.05) is 42.8 Å². The number of aromatic amines is 1. The highest BCUT2D eigenvalue weighted by atomic mass is 16.1. The molecule has 1 fully saturated rings. The molecule has 0 aliphatic heterocycles. The minimum absolute atomic E-state index is 0.155. The Morgan fingerprint density at radius 2 is 2.00 bits per heavy atom. The smallest absolute Gasteiger partial charge is 0.266 e. The quantitative estimate of drug-likeness (QED) is 0.523. The number of nitrogens with one attached hydrogen (secondary N) is 2. The van der Waals surface area contributed by atoms with Gasteiger partial charge in [-0.1, -0.05) is 0 Å². The van der Waals surface area contributed by atoms with Crippen LogP contribution in [0.5, 0.6) is 0 Å². The number of benzene rings is 1. The monoisotopic (exact) mass is 404 g/mol. The van der Waals surface area contributed by atoms with E-state index in [9.17, 15) is 9.59 Å². The molecule has 0 atom stereocenters. The van der Waals surface area contributed by atoms with Crippen molar-refractivity contribution in [3.63, 3.8) is 0 Å². The van der Waals surface area contributed by atoms with Crippen LogP contribution in [0.2, 0.25) is 0 Å². The van der Waals surface area contributed by atoms with Crippen LogP contribution in [0, 0.1) is 13.8 Å². The highest BCUT2D eigenvalue weighted by Gasteiger charge is 2.28. The highest BCUT2D eigenvalue weighted by Crippen LogP contribution is 2.36. The van der Waals surface area contributed by atoms with Crippen molar-refractivity contribution in [1.82, 2.24) is 34.8 Å². The van der Waals surface area contributed by atoms with Crippen molar-refractivity contribution >= 4 is 17.2 Å². The summed E-state index contributed by atoms with van der Waals surface area (Å²) in [6, 6.07) is 9.30. The molecule has 0 unspecified atom stereocenters. The number of fused-ring (bicyclic) bond motifs is 1. The fourth-order valence-electron chi connectivity index (χ4n) is 3.63. The SMILES string of the molecule is Cc1nc2cc(=O)[nH]n2c(C)c1CC(=O)Nc1ccc(-c2nnnn2C2CC2)cc1. The first kappa shape index (κ1) is 18.2. The van der Waals surface area contributed by atoms with Gasteiger partial charge in [-0.25, -0.2) is 14.2 Å². The van der Waals surface area contributed by atoms with E-state index in [0.29, 0.717) is 17.4 Å². The van der Waals surface area contributed by atoms with Gasteiger partial charge in [0, 0.05) is 34.3 Å². The van der Waals surface area contributed by atoms with Gasteiger partial charge in [-0.3, -0.25) is 14.7 Å². The summed E-state index contributed by atoms with van der Waals surface area (Å²) in [4.78, 5) is 28.6. The summed E-state index contributed by atoms with van der Waals surface area (Å²) >= 11 is 0. The van der Waals surface area contributed by atoms with Gasteiger partial charge in [0.15, 0.2) is 11.5 Å². The van der Waals surface area contributed by atoms with E-state index in [0.717, 1.165) is 41.2 Å². The van der Waals surface area contributed by atoms with Gasteiger partial charge in [-0.2, -0.15) is 0 Å². The van der Waals surface area contributed by atoms with Crippen LogP contribution in [-0.4, -0.2) is 40.7 Å². The Kier molecular flexibility index (Phi) is 4.19. The molecule has 0 saturated heterocycles. The molecular formula is C20H20N8O2. The zero-order chi connectivity index (χ0) is 20.8. The van der Waals surface area contributed by atoms with Crippen LogP contribution in [0.25, 0.3) is 17.0 Å². The Morgan fingerprint density at radius 3 is 2.73 bits per heavy atom. The molecule has 4 aromatic rings. The zero-order valence-corrected chi connectivity index (χ0v) is 16.6. The molecule has 0 spiro atoms. The number of H-pyrrole nitrogens is 1. The number of rotatable bonds is 5. The van der Waals surface area contributed by atoms with E-state index in [1.54, 1.807) is 4.52 Å². The minimum Gasteiger partial charge on any atom is -0.326 e. The third-order valence-corrected chi connectivity index (χ3v) is 5.35.